The maximum atomic E-state index is 12.1. The number of rotatable bonds is 5. The quantitative estimate of drug-likeness (QED) is 0.844. The highest BCUT2D eigenvalue weighted by molar-refractivity contribution is 7.91. The molecule has 0 radical (unpaired) electrons. The first kappa shape index (κ1) is 14.6. The molecule has 2 N–H and O–H groups in total. The van der Waals surface area contributed by atoms with E-state index in [1.807, 2.05) is 0 Å². The summed E-state index contributed by atoms with van der Waals surface area (Å²) in [5, 5.41) is 9.71. The highest BCUT2D eigenvalue weighted by Gasteiger charge is 2.24. The van der Waals surface area contributed by atoms with Crippen molar-refractivity contribution in [1.82, 2.24) is 9.71 Å². The number of aliphatic hydroxyl groups excluding tert-OH is 1. The van der Waals surface area contributed by atoms with Crippen molar-refractivity contribution in [3.8, 4) is 0 Å². The van der Waals surface area contributed by atoms with Crippen LogP contribution in [0.15, 0.2) is 4.21 Å². The van der Waals surface area contributed by atoms with Crippen molar-refractivity contribution in [2.75, 3.05) is 6.61 Å². The zero-order chi connectivity index (χ0) is 13.2. The molecule has 0 aliphatic rings. The molecule has 0 saturated heterocycles. The van der Waals surface area contributed by atoms with E-state index in [1.54, 1.807) is 27.7 Å². The minimum absolute atomic E-state index is 0.0512. The fourth-order valence-corrected chi connectivity index (χ4v) is 4.19. The predicted molar refractivity (Wildman–Crippen MR) is 67.6 cm³/mol. The second kappa shape index (κ2) is 5.43. The Labute approximate surface area is 106 Å². The van der Waals surface area contributed by atoms with Gasteiger partial charge in [-0.05, 0) is 26.7 Å². The zero-order valence-corrected chi connectivity index (χ0v) is 12.0. The van der Waals surface area contributed by atoms with Gasteiger partial charge in [0.2, 0.25) is 0 Å². The van der Waals surface area contributed by atoms with Crippen LogP contribution in [-0.2, 0) is 10.0 Å². The van der Waals surface area contributed by atoms with E-state index >= 15 is 0 Å². The molecule has 0 amide bonds. The van der Waals surface area contributed by atoms with Crippen molar-refractivity contribution in [3.63, 3.8) is 0 Å². The van der Waals surface area contributed by atoms with E-state index in [0.29, 0.717) is 5.69 Å². The van der Waals surface area contributed by atoms with Crippen LogP contribution in [-0.4, -0.2) is 31.2 Å². The van der Waals surface area contributed by atoms with Gasteiger partial charge in [-0.1, -0.05) is 6.92 Å². The highest BCUT2D eigenvalue weighted by atomic mass is 32.2. The van der Waals surface area contributed by atoms with Crippen LogP contribution in [0, 0.1) is 19.8 Å². The smallest absolute Gasteiger partial charge is 0.252 e. The fourth-order valence-electron chi connectivity index (χ4n) is 1.33. The number of aromatic nitrogens is 1. The Balaban J connectivity index is 2.93. The van der Waals surface area contributed by atoms with Gasteiger partial charge >= 0.3 is 0 Å². The number of sulfonamides is 1. The SMILES string of the molecule is Cc1nc(C)c(S(=O)(=O)NC(C)C(C)CO)s1. The van der Waals surface area contributed by atoms with Crippen LogP contribution >= 0.6 is 11.3 Å². The number of hydrogen-bond donors (Lipinski definition) is 2. The molecule has 1 rings (SSSR count). The Kier molecular flexibility index (Phi) is 4.65. The van der Waals surface area contributed by atoms with Gasteiger partial charge in [0.25, 0.3) is 10.0 Å². The third kappa shape index (κ3) is 3.48. The molecule has 0 saturated carbocycles. The summed E-state index contributed by atoms with van der Waals surface area (Å²) >= 11 is 1.16. The number of thiazole rings is 1. The van der Waals surface area contributed by atoms with Crippen molar-refractivity contribution >= 4 is 21.4 Å². The van der Waals surface area contributed by atoms with Crippen LogP contribution in [0.3, 0.4) is 0 Å². The van der Waals surface area contributed by atoms with Crippen LogP contribution in [0.2, 0.25) is 0 Å². The van der Waals surface area contributed by atoms with E-state index in [4.69, 9.17) is 5.11 Å². The third-order valence-corrected chi connectivity index (χ3v) is 5.83. The van der Waals surface area contributed by atoms with Crippen molar-refractivity contribution in [2.24, 2.45) is 5.92 Å². The van der Waals surface area contributed by atoms with Gasteiger partial charge in [-0.3, -0.25) is 0 Å². The average Bonchev–Trinajstić information content (AvgIpc) is 2.56. The standard InChI is InChI=1S/C10H18N2O3S2/c1-6(5-13)7(2)12-17(14,15)10-8(3)11-9(4)16-10/h6-7,12-13H,5H2,1-4H3. The Bertz CT molecular complexity index is 482. The lowest BCUT2D eigenvalue weighted by atomic mass is 10.1. The number of nitrogens with zero attached hydrogens (tertiary/aromatic N) is 1. The largest absolute Gasteiger partial charge is 0.396 e. The molecule has 0 fully saturated rings. The first-order chi connectivity index (χ1) is 7.77. The number of aryl methyl sites for hydroxylation is 2. The van der Waals surface area contributed by atoms with Gasteiger partial charge in [0.15, 0.2) is 4.21 Å². The minimum Gasteiger partial charge on any atom is -0.396 e. The Morgan fingerprint density at radius 3 is 2.41 bits per heavy atom. The van der Waals surface area contributed by atoms with E-state index in [0.717, 1.165) is 16.3 Å². The minimum atomic E-state index is -3.53. The van der Waals surface area contributed by atoms with Gasteiger partial charge in [0.05, 0.1) is 10.7 Å². The Hall–Kier alpha value is -0.500. The van der Waals surface area contributed by atoms with E-state index in [9.17, 15) is 8.42 Å². The summed E-state index contributed by atoms with van der Waals surface area (Å²) in [5.74, 6) is -0.126. The number of nitrogens with one attached hydrogen (secondary N) is 1. The van der Waals surface area contributed by atoms with Gasteiger partial charge in [0, 0.05) is 12.6 Å². The van der Waals surface area contributed by atoms with Crippen molar-refractivity contribution < 1.29 is 13.5 Å². The molecule has 5 nitrogen and oxygen atoms in total. The second-order valence-corrected chi connectivity index (χ2v) is 7.29. The number of aliphatic hydroxyl groups is 1. The fraction of sp³-hybridized carbons (Fsp3) is 0.700. The molecule has 1 aromatic rings. The Morgan fingerprint density at radius 2 is 2.00 bits per heavy atom. The number of hydrogen-bond acceptors (Lipinski definition) is 5. The molecular formula is C10H18N2O3S2. The topological polar surface area (TPSA) is 79.3 Å². The summed E-state index contributed by atoms with van der Waals surface area (Å²) in [4.78, 5) is 4.10. The summed E-state index contributed by atoms with van der Waals surface area (Å²) in [5.41, 5.74) is 0.517. The molecule has 0 spiro atoms. The normalized spacial score (nSPS) is 15.8. The summed E-state index contributed by atoms with van der Waals surface area (Å²) in [6.07, 6.45) is 0. The summed E-state index contributed by atoms with van der Waals surface area (Å²) < 4.78 is 27.0. The zero-order valence-electron chi connectivity index (χ0n) is 10.4. The van der Waals surface area contributed by atoms with Crippen molar-refractivity contribution in [1.29, 1.82) is 0 Å². The van der Waals surface area contributed by atoms with E-state index in [1.165, 1.54) is 0 Å². The van der Waals surface area contributed by atoms with Crippen LogP contribution in [0.4, 0.5) is 0 Å². The van der Waals surface area contributed by atoms with Crippen LogP contribution in [0.1, 0.15) is 24.5 Å². The van der Waals surface area contributed by atoms with Crippen molar-refractivity contribution in [2.45, 2.75) is 37.9 Å². The summed E-state index contributed by atoms with van der Waals surface area (Å²) in [6.45, 7) is 6.93. The monoisotopic (exact) mass is 278 g/mol. The van der Waals surface area contributed by atoms with Gasteiger partial charge in [-0.25, -0.2) is 18.1 Å². The lowest BCUT2D eigenvalue weighted by molar-refractivity contribution is 0.216. The second-order valence-electron chi connectivity index (χ2n) is 4.18. The van der Waals surface area contributed by atoms with Gasteiger partial charge < -0.3 is 5.11 Å². The molecule has 0 aromatic carbocycles. The van der Waals surface area contributed by atoms with Gasteiger partial charge in [-0.2, -0.15) is 0 Å². The molecule has 17 heavy (non-hydrogen) atoms. The van der Waals surface area contributed by atoms with Crippen LogP contribution in [0.25, 0.3) is 0 Å². The van der Waals surface area contributed by atoms with Crippen LogP contribution in [0.5, 0.6) is 0 Å². The third-order valence-electron chi connectivity index (χ3n) is 2.59. The molecule has 0 aliphatic heterocycles. The summed E-state index contributed by atoms with van der Waals surface area (Å²) in [7, 11) is -3.53. The van der Waals surface area contributed by atoms with Gasteiger partial charge in [-0.15, -0.1) is 11.3 Å². The molecule has 0 aliphatic carbocycles. The van der Waals surface area contributed by atoms with E-state index in [2.05, 4.69) is 9.71 Å². The summed E-state index contributed by atoms with van der Waals surface area (Å²) in [6, 6.07) is -0.313. The predicted octanol–water partition coefficient (Wildman–Crippen LogP) is 1.06. The molecule has 1 aromatic heterocycles. The molecule has 7 heteroatoms. The molecular weight excluding hydrogens is 260 g/mol. The lowest BCUT2D eigenvalue weighted by Crippen LogP contribution is -2.38. The maximum absolute atomic E-state index is 12.1. The average molecular weight is 278 g/mol. The molecule has 0 bridgehead atoms. The van der Waals surface area contributed by atoms with Crippen molar-refractivity contribution in [3.05, 3.63) is 10.7 Å². The molecule has 1 heterocycles. The molecule has 98 valence electrons. The lowest BCUT2D eigenvalue weighted by Gasteiger charge is -2.18. The molecule has 2 atom stereocenters. The highest BCUT2D eigenvalue weighted by Crippen LogP contribution is 2.23. The Morgan fingerprint density at radius 1 is 1.41 bits per heavy atom. The molecule has 2 unspecified atom stereocenters. The first-order valence-corrected chi connectivity index (χ1v) is 7.65. The van der Waals surface area contributed by atoms with E-state index < -0.39 is 10.0 Å². The first-order valence-electron chi connectivity index (χ1n) is 5.35. The maximum Gasteiger partial charge on any atom is 0.252 e. The van der Waals surface area contributed by atoms with Gasteiger partial charge in [0.1, 0.15) is 0 Å². The van der Waals surface area contributed by atoms with E-state index in [-0.39, 0.29) is 22.8 Å². The van der Waals surface area contributed by atoms with Crippen LogP contribution < -0.4 is 4.72 Å².